The van der Waals surface area contributed by atoms with E-state index in [2.05, 4.69) is 25.9 Å². The lowest BCUT2D eigenvalue weighted by molar-refractivity contribution is -0.134. The Morgan fingerprint density at radius 3 is 2.54 bits per heavy atom. The fourth-order valence-electron chi connectivity index (χ4n) is 5.56. The molecule has 1 spiro atoms. The summed E-state index contributed by atoms with van der Waals surface area (Å²) in [7, 11) is 0. The minimum absolute atomic E-state index is 0.00300. The normalized spacial score (nSPS) is 21.9. The summed E-state index contributed by atoms with van der Waals surface area (Å²) in [6.45, 7) is 4.60. The van der Waals surface area contributed by atoms with E-state index in [9.17, 15) is 4.79 Å². The van der Waals surface area contributed by atoms with Gasteiger partial charge in [0.25, 0.3) is 5.92 Å². The van der Waals surface area contributed by atoms with Crippen LogP contribution >= 0.6 is 15.9 Å². The quantitative estimate of drug-likeness (QED) is 0.426. The van der Waals surface area contributed by atoms with E-state index in [-0.39, 0.29) is 34.4 Å². The summed E-state index contributed by atoms with van der Waals surface area (Å²) in [6.07, 6.45) is 4.74. The van der Waals surface area contributed by atoms with E-state index in [0.717, 1.165) is 19.3 Å². The average molecular weight is 541 g/mol. The van der Waals surface area contributed by atoms with Crippen LogP contribution in [0.2, 0.25) is 0 Å². The maximum atomic E-state index is 15.3. The molecule has 0 radical (unpaired) electrons. The highest BCUT2D eigenvalue weighted by Gasteiger charge is 2.55. The molecule has 35 heavy (non-hydrogen) atoms. The Morgan fingerprint density at radius 1 is 1.17 bits per heavy atom. The summed E-state index contributed by atoms with van der Waals surface area (Å²) >= 11 is 3.31. The Labute approximate surface area is 211 Å². The Bertz CT molecular complexity index is 1350. The van der Waals surface area contributed by atoms with Crippen molar-refractivity contribution in [2.24, 2.45) is 17.1 Å². The summed E-state index contributed by atoms with van der Waals surface area (Å²) in [5.41, 5.74) is 8.80. The SMILES string of the molecule is CC(C)C(N)C(=O)N1CC2(CC2)CC1c1ncc(-c2ccc3c(c2)C(F)(F)c2cc(Br)ccc2-3)[nH]1. The van der Waals surface area contributed by atoms with E-state index in [1.807, 2.05) is 24.8 Å². The van der Waals surface area contributed by atoms with Gasteiger partial charge in [0.2, 0.25) is 5.91 Å². The van der Waals surface area contributed by atoms with Crippen LogP contribution in [0.3, 0.4) is 0 Å². The predicted octanol–water partition coefficient (Wildman–Crippen LogP) is 6.00. The van der Waals surface area contributed by atoms with Gasteiger partial charge in [-0.1, -0.05) is 48.0 Å². The zero-order chi connectivity index (χ0) is 24.7. The molecule has 3 N–H and O–H groups in total. The van der Waals surface area contributed by atoms with E-state index >= 15 is 8.78 Å². The number of carbonyl (C=O) groups excluding carboxylic acids is 1. The smallest absolute Gasteiger partial charge is 0.299 e. The molecule has 1 aromatic heterocycles. The number of benzene rings is 2. The number of H-pyrrole nitrogens is 1. The molecule has 3 aliphatic rings. The topological polar surface area (TPSA) is 75.0 Å². The molecule has 2 aliphatic carbocycles. The third-order valence-electron chi connectivity index (χ3n) is 7.94. The number of nitrogens with two attached hydrogens (primary N) is 1. The number of alkyl halides is 2. The van der Waals surface area contributed by atoms with Crippen LogP contribution in [0.1, 0.15) is 56.1 Å². The Balaban J connectivity index is 1.33. The summed E-state index contributed by atoms with van der Waals surface area (Å²) < 4.78 is 31.3. The van der Waals surface area contributed by atoms with Crippen LogP contribution in [0.4, 0.5) is 8.78 Å². The first kappa shape index (κ1) is 22.9. The third-order valence-corrected chi connectivity index (χ3v) is 8.44. The second-order valence-corrected chi connectivity index (χ2v) is 11.6. The summed E-state index contributed by atoms with van der Waals surface area (Å²) in [6, 6.07) is 9.42. The summed E-state index contributed by atoms with van der Waals surface area (Å²) in [4.78, 5) is 23.0. The van der Waals surface area contributed by atoms with Gasteiger partial charge in [-0.3, -0.25) is 4.79 Å². The first-order valence-electron chi connectivity index (χ1n) is 12.0. The zero-order valence-electron chi connectivity index (χ0n) is 19.6. The molecule has 182 valence electrons. The average Bonchev–Trinajstić information content (AvgIpc) is 3.16. The molecule has 1 saturated carbocycles. The first-order valence-corrected chi connectivity index (χ1v) is 12.8. The van der Waals surface area contributed by atoms with Gasteiger partial charge < -0.3 is 15.6 Å². The minimum Gasteiger partial charge on any atom is -0.340 e. The van der Waals surface area contributed by atoms with Gasteiger partial charge in [0.15, 0.2) is 0 Å². The highest BCUT2D eigenvalue weighted by atomic mass is 79.9. The van der Waals surface area contributed by atoms with Gasteiger partial charge in [0, 0.05) is 27.7 Å². The molecule has 6 rings (SSSR count). The number of hydrogen-bond donors (Lipinski definition) is 2. The van der Waals surface area contributed by atoms with Crippen molar-refractivity contribution in [3.8, 4) is 22.4 Å². The standard InChI is InChI=1S/C27H27BrF2N4O/c1-14(2)23(31)25(35)34-13-26(7-8-26)11-22(34)24-32-12-21(33-24)15-3-5-17-18-6-4-16(28)10-20(18)27(29,30)19(17)9-15/h3-6,9-10,12,14,22-23H,7-8,11,13,31H2,1-2H3,(H,32,33). The van der Waals surface area contributed by atoms with E-state index in [0.29, 0.717) is 39.2 Å². The predicted molar refractivity (Wildman–Crippen MR) is 134 cm³/mol. The fraction of sp³-hybridized carbons (Fsp3) is 0.407. The molecule has 1 amide bonds. The zero-order valence-corrected chi connectivity index (χ0v) is 21.2. The molecule has 2 heterocycles. The second-order valence-electron chi connectivity index (χ2n) is 10.7. The molecule has 3 aromatic rings. The molecular formula is C27H27BrF2N4O. The van der Waals surface area contributed by atoms with Gasteiger partial charge in [0.1, 0.15) is 5.82 Å². The van der Waals surface area contributed by atoms with Crippen LogP contribution in [0.15, 0.2) is 47.1 Å². The number of nitrogens with zero attached hydrogens (tertiary/aromatic N) is 2. The number of nitrogens with one attached hydrogen (secondary N) is 1. The summed E-state index contributed by atoms with van der Waals surface area (Å²) in [5.74, 6) is -2.39. The number of halogens is 3. The maximum Gasteiger partial charge on any atom is 0.299 e. The van der Waals surface area contributed by atoms with Crippen LogP contribution in [-0.4, -0.2) is 33.4 Å². The van der Waals surface area contributed by atoms with Crippen molar-refractivity contribution < 1.29 is 13.6 Å². The van der Waals surface area contributed by atoms with Crippen LogP contribution in [-0.2, 0) is 10.7 Å². The van der Waals surface area contributed by atoms with Crippen molar-refractivity contribution in [2.75, 3.05) is 6.54 Å². The van der Waals surface area contributed by atoms with Crippen molar-refractivity contribution in [3.63, 3.8) is 0 Å². The summed E-state index contributed by atoms with van der Waals surface area (Å²) in [5, 5.41) is 0. The molecular weight excluding hydrogens is 514 g/mol. The number of fused-ring (bicyclic) bond motifs is 3. The minimum atomic E-state index is -3.08. The number of amides is 1. The lowest BCUT2D eigenvalue weighted by Gasteiger charge is -2.27. The van der Waals surface area contributed by atoms with Gasteiger partial charge in [-0.25, -0.2) is 4.98 Å². The number of imidazole rings is 1. The number of hydrogen-bond acceptors (Lipinski definition) is 3. The van der Waals surface area contributed by atoms with Gasteiger partial charge >= 0.3 is 0 Å². The Kier molecular flexibility index (Phi) is 5.03. The molecule has 5 nitrogen and oxygen atoms in total. The van der Waals surface area contributed by atoms with Crippen LogP contribution in [0.5, 0.6) is 0 Å². The number of likely N-dealkylation sites (tertiary alicyclic amines) is 1. The largest absolute Gasteiger partial charge is 0.340 e. The van der Waals surface area contributed by atoms with E-state index < -0.39 is 12.0 Å². The number of aromatic amines is 1. The van der Waals surface area contributed by atoms with Gasteiger partial charge in [-0.2, -0.15) is 8.78 Å². The highest BCUT2D eigenvalue weighted by Crippen LogP contribution is 2.58. The lowest BCUT2D eigenvalue weighted by Crippen LogP contribution is -2.46. The molecule has 2 unspecified atom stereocenters. The molecule has 2 atom stereocenters. The molecule has 0 bridgehead atoms. The van der Waals surface area contributed by atoms with Gasteiger partial charge in [0.05, 0.1) is 24.0 Å². The Hall–Kier alpha value is -2.58. The molecule has 1 aliphatic heterocycles. The lowest BCUT2D eigenvalue weighted by atomic mass is 10.0. The van der Waals surface area contributed by atoms with Crippen LogP contribution in [0, 0.1) is 11.3 Å². The highest BCUT2D eigenvalue weighted by molar-refractivity contribution is 9.10. The monoisotopic (exact) mass is 540 g/mol. The molecule has 8 heteroatoms. The van der Waals surface area contributed by atoms with E-state index in [4.69, 9.17) is 5.73 Å². The van der Waals surface area contributed by atoms with E-state index in [1.54, 1.807) is 30.5 Å². The number of carbonyl (C=O) groups is 1. The van der Waals surface area contributed by atoms with Crippen LogP contribution < -0.4 is 5.73 Å². The van der Waals surface area contributed by atoms with Crippen molar-refractivity contribution in [3.05, 3.63) is 64.0 Å². The maximum absolute atomic E-state index is 15.3. The first-order chi connectivity index (χ1) is 16.6. The van der Waals surface area contributed by atoms with Crippen molar-refractivity contribution in [1.82, 2.24) is 14.9 Å². The van der Waals surface area contributed by atoms with Crippen molar-refractivity contribution in [2.45, 2.75) is 51.1 Å². The van der Waals surface area contributed by atoms with Crippen molar-refractivity contribution in [1.29, 1.82) is 0 Å². The van der Waals surface area contributed by atoms with Gasteiger partial charge in [-0.15, -0.1) is 0 Å². The molecule has 2 fully saturated rings. The second kappa shape index (κ2) is 7.71. The number of aromatic nitrogens is 2. The van der Waals surface area contributed by atoms with E-state index in [1.165, 1.54) is 6.07 Å². The third kappa shape index (κ3) is 3.56. The van der Waals surface area contributed by atoms with Crippen molar-refractivity contribution >= 4 is 21.8 Å². The van der Waals surface area contributed by atoms with Crippen LogP contribution in [0.25, 0.3) is 22.4 Å². The fourth-order valence-corrected chi connectivity index (χ4v) is 5.92. The molecule has 1 saturated heterocycles. The number of rotatable bonds is 4. The van der Waals surface area contributed by atoms with Gasteiger partial charge in [-0.05, 0) is 59.9 Å². The molecule has 2 aromatic carbocycles. The Morgan fingerprint density at radius 2 is 1.86 bits per heavy atom.